The van der Waals surface area contributed by atoms with Crippen LogP contribution in [0.5, 0.6) is 17.4 Å². The number of para-hydroxylation sites is 1. The summed E-state index contributed by atoms with van der Waals surface area (Å²) >= 11 is 0. The van der Waals surface area contributed by atoms with E-state index < -0.39 is 0 Å². The number of nitrogens with zero attached hydrogens (tertiary/aromatic N) is 1. The Bertz CT molecular complexity index is 952. The summed E-state index contributed by atoms with van der Waals surface area (Å²) in [6.07, 6.45) is 1.70. The molecule has 0 saturated carbocycles. The molecule has 28 heavy (non-hydrogen) atoms. The molecule has 5 nitrogen and oxygen atoms in total. The maximum atomic E-state index is 12.0. The van der Waals surface area contributed by atoms with Crippen LogP contribution in [0.1, 0.15) is 22.3 Å². The van der Waals surface area contributed by atoms with E-state index in [1.165, 1.54) is 0 Å². The number of carbonyl (C=O) groups excluding carboxylic acids is 1. The number of nitrogens with one attached hydrogen (secondary N) is 1. The molecule has 1 N–H and O–H groups in total. The average molecular weight is 376 g/mol. The van der Waals surface area contributed by atoms with E-state index in [1.54, 1.807) is 12.3 Å². The van der Waals surface area contributed by atoms with E-state index in [9.17, 15) is 4.79 Å². The van der Waals surface area contributed by atoms with Crippen molar-refractivity contribution in [3.05, 3.63) is 83.0 Å². The fraction of sp³-hybridized carbons (Fsp3) is 0.217. The molecule has 0 radical (unpaired) electrons. The first-order valence-corrected chi connectivity index (χ1v) is 9.16. The Labute approximate surface area is 165 Å². The van der Waals surface area contributed by atoms with E-state index in [1.807, 2.05) is 69.3 Å². The molecule has 0 aliphatic carbocycles. The number of amides is 1. The second-order valence-electron chi connectivity index (χ2n) is 6.71. The Hall–Kier alpha value is -3.34. The van der Waals surface area contributed by atoms with Gasteiger partial charge in [0.05, 0.1) is 0 Å². The molecule has 1 aromatic heterocycles. The summed E-state index contributed by atoms with van der Waals surface area (Å²) in [4.78, 5) is 16.3. The number of pyridine rings is 1. The topological polar surface area (TPSA) is 60.5 Å². The van der Waals surface area contributed by atoms with Crippen molar-refractivity contribution in [1.82, 2.24) is 10.3 Å². The lowest BCUT2D eigenvalue weighted by Gasteiger charge is -2.10. The van der Waals surface area contributed by atoms with Crippen LogP contribution in [0.15, 0.2) is 60.8 Å². The smallest absolute Gasteiger partial charge is 0.258 e. The summed E-state index contributed by atoms with van der Waals surface area (Å²) in [6.45, 7) is 6.33. The standard InChI is InChI=1S/C23H24N2O3/c1-16-8-9-18(3)21(12-16)28-23-11-10-19(14-25-23)13-24-22(26)15-27-20-7-5-4-6-17(20)2/h4-12,14H,13,15H2,1-3H3,(H,24,26). The van der Waals surface area contributed by atoms with Crippen molar-refractivity contribution in [2.24, 2.45) is 0 Å². The molecule has 1 amide bonds. The molecule has 0 bridgehead atoms. The highest BCUT2D eigenvalue weighted by molar-refractivity contribution is 5.77. The van der Waals surface area contributed by atoms with Gasteiger partial charge in [0.15, 0.2) is 6.61 Å². The summed E-state index contributed by atoms with van der Waals surface area (Å²) in [7, 11) is 0. The van der Waals surface area contributed by atoms with Crippen LogP contribution in [0.3, 0.4) is 0 Å². The zero-order valence-electron chi connectivity index (χ0n) is 16.4. The molecular weight excluding hydrogens is 352 g/mol. The first-order chi connectivity index (χ1) is 13.5. The number of ether oxygens (including phenoxy) is 2. The molecule has 144 valence electrons. The largest absolute Gasteiger partial charge is 0.484 e. The number of aromatic nitrogens is 1. The van der Waals surface area contributed by atoms with Crippen LogP contribution in [0.4, 0.5) is 0 Å². The number of carbonyl (C=O) groups is 1. The van der Waals surface area contributed by atoms with Gasteiger partial charge in [-0.1, -0.05) is 36.4 Å². The van der Waals surface area contributed by atoms with Crippen molar-refractivity contribution in [2.45, 2.75) is 27.3 Å². The van der Waals surface area contributed by atoms with Crippen molar-refractivity contribution in [3.63, 3.8) is 0 Å². The molecule has 0 aliphatic rings. The van der Waals surface area contributed by atoms with Gasteiger partial charge in [0, 0.05) is 18.8 Å². The zero-order chi connectivity index (χ0) is 19.9. The summed E-state index contributed by atoms with van der Waals surface area (Å²) in [5.41, 5.74) is 4.07. The second-order valence-corrected chi connectivity index (χ2v) is 6.71. The molecule has 0 spiro atoms. The number of benzene rings is 2. The van der Waals surface area contributed by atoms with Crippen LogP contribution >= 0.6 is 0 Å². The minimum atomic E-state index is -0.182. The van der Waals surface area contributed by atoms with Crippen molar-refractivity contribution >= 4 is 5.91 Å². The Morgan fingerprint density at radius 1 is 0.964 bits per heavy atom. The molecule has 0 unspecified atom stereocenters. The van der Waals surface area contributed by atoms with E-state index in [0.717, 1.165) is 28.0 Å². The van der Waals surface area contributed by atoms with Gasteiger partial charge in [-0.15, -0.1) is 0 Å². The maximum absolute atomic E-state index is 12.0. The van der Waals surface area contributed by atoms with Crippen molar-refractivity contribution in [1.29, 1.82) is 0 Å². The highest BCUT2D eigenvalue weighted by Crippen LogP contribution is 2.24. The van der Waals surface area contributed by atoms with E-state index in [0.29, 0.717) is 18.2 Å². The molecule has 0 fully saturated rings. The zero-order valence-corrected chi connectivity index (χ0v) is 16.4. The van der Waals surface area contributed by atoms with E-state index in [4.69, 9.17) is 9.47 Å². The van der Waals surface area contributed by atoms with Crippen LogP contribution in [0, 0.1) is 20.8 Å². The average Bonchev–Trinajstić information content (AvgIpc) is 2.69. The number of rotatable bonds is 7. The summed E-state index contributed by atoms with van der Waals surface area (Å²) < 4.78 is 11.4. The van der Waals surface area contributed by atoms with Crippen molar-refractivity contribution < 1.29 is 14.3 Å². The predicted molar refractivity (Wildman–Crippen MR) is 109 cm³/mol. The third kappa shape index (κ3) is 5.33. The summed E-state index contributed by atoms with van der Waals surface area (Å²) in [6, 6.07) is 17.3. The molecule has 0 aliphatic heterocycles. The normalized spacial score (nSPS) is 10.4. The Balaban J connectivity index is 1.49. The van der Waals surface area contributed by atoms with Gasteiger partial charge in [0.1, 0.15) is 11.5 Å². The van der Waals surface area contributed by atoms with Crippen molar-refractivity contribution in [2.75, 3.05) is 6.61 Å². The van der Waals surface area contributed by atoms with Crippen LogP contribution in [0.2, 0.25) is 0 Å². The Morgan fingerprint density at radius 3 is 2.50 bits per heavy atom. The quantitative estimate of drug-likeness (QED) is 0.660. The maximum Gasteiger partial charge on any atom is 0.258 e. The Kier molecular flexibility index (Phi) is 6.27. The van der Waals surface area contributed by atoms with Crippen LogP contribution in [-0.4, -0.2) is 17.5 Å². The van der Waals surface area contributed by atoms with Crippen LogP contribution < -0.4 is 14.8 Å². The predicted octanol–water partition coefficient (Wildman–Crippen LogP) is 4.49. The second kappa shape index (κ2) is 9.04. The first kappa shape index (κ1) is 19.4. The van der Waals surface area contributed by atoms with Gasteiger partial charge in [-0.25, -0.2) is 4.98 Å². The first-order valence-electron chi connectivity index (χ1n) is 9.16. The van der Waals surface area contributed by atoms with Crippen LogP contribution in [-0.2, 0) is 11.3 Å². The van der Waals surface area contributed by atoms with Gasteiger partial charge in [-0.05, 0) is 55.2 Å². The monoisotopic (exact) mass is 376 g/mol. The minimum Gasteiger partial charge on any atom is -0.484 e. The van der Waals surface area contributed by atoms with E-state index in [-0.39, 0.29) is 12.5 Å². The lowest BCUT2D eigenvalue weighted by molar-refractivity contribution is -0.123. The molecule has 2 aromatic carbocycles. The van der Waals surface area contributed by atoms with Gasteiger partial charge in [-0.2, -0.15) is 0 Å². The highest BCUT2D eigenvalue weighted by atomic mass is 16.5. The van der Waals surface area contributed by atoms with Gasteiger partial charge < -0.3 is 14.8 Å². The lowest BCUT2D eigenvalue weighted by atomic mass is 10.1. The summed E-state index contributed by atoms with van der Waals surface area (Å²) in [5.74, 6) is 1.85. The number of hydrogen-bond donors (Lipinski definition) is 1. The molecule has 5 heteroatoms. The minimum absolute atomic E-state index is 0.0217. The molecule has 3 rings (SSSR count). The third-order valence-electron chi connectivity index (χ3n) is 4.30. The summed E-state index contributed by atoms with van der Waals surface area (Å²) in [5, 5.41) is 2.83. The van der Waals surface area contributed by atoms with Crippen LogP contribution in [0.25, 0.3) is 0 Å². The van der Waals surface area contributed by atoms with E-state index in [2.05, 4.69) is 10.3 Å². The SMILES string of the molecule is Cc1ccc(C)c(Oc2ccc(CNC(=O)COc3ccccc3C)cn2)c1. The lowest BCUT2D eigenvalue weighted by Crippen LogP contribution is -2.28. The van der Waals surface area contributed by atoms with Gasteiger partial charge in [0.25, 0.3) is 5.91 Å². The number of aryl methyl sites for hydroxylation is 3. The third-order valence-corrected chi connectivity index (χ3v) is 4.30. The number of hydrogen-bond acceptors (Lipinski definition) is 4. The molecule has 3 aromatic rings. The molecule has 1 heterocycles. The fourth-order valence-corrected chi connectivity index (χ4v) is 2.62. The fourth-order valence-electron chi connectivity index (χ4n) is 2.62. The molecule has 0 atom stereocenters. The van der Waals surface area contributed by atoms with E-state index >= 15 is 0 Å². The van der Waals surface area contributed by atoms with Gasteiger partial charge in [0.2, 0.25) is 5.88 Å². The van der Waals surface area contributed by atoms with Gasteiger partial charge in [-0.3, -0.25) is 4.79 Å². The van der Waals surface area contributed by atoms with Gasteiger partial charge >= 0.3 is 0 Å². The molecule has 0 saturated heterocycles. The molecular formula is C23H24N2O3. The highest BCUT2D eigenvalue weighted by Gasteiger charge is 2.06. The Morgan fingerprint density at radius 2 is 1.75 bits per heavy atom. The van der Waals surface area contributed by atoms with Crippen molar-refractivity contribution in [3.8, 4) is 17.4 Å².